The van der Waals surface area contributed by atoms with Crippen LogP contribution in [0.4, 0.5) is 24.9 Å². The summed E-state index contributed by atoms with van der Waals surface area (Å²) in [4.78, 5) is 10.9. The molecule has 5 nitrogen and oxygen atoms in total. The van der Waals surface area contributed by atoms with Gasteiger partial charge < -0.3 is 16.0 Å². The number of nitrogens with one attached hydrogen (secondary N) is 1. The third-order valence-corrected chi connectivity index (χ3v) is 6.12. The Morgan fingerprint density at radius 3 is 2.80 bits per heavy atom. The Labute approximate surface area is 144 Å². The second-order valence-corrected chi connectivity index (χ2v) is 7.59. The van der Waals surface area contributed by atoms with Crippen molar-refractivity contribution in [2.75, 3.05) is 23.7 Å². The number of rotatable bonds is 1. The van der Waals surface area contributed by atoms with Gasteiger partial charge >= 0.3 is 6.18 Å². The highest BCUT2D eigenvalue weighted by molar-refractivity contribution is 7.26. The van der Waals surface area contributed by atoms with Gasteiger partial charge in [-0.2, -0.15) is 18.2 Å². The van der Waals surface area contributed by atoms with E-state index in [0.717, 1.165) is 46.9 Å². The van der Waals surface area contributed by atoms with Gasteiger partial charge in [0.2, 0.25) is 5.95 Å². The molecule has 130 valence electrons. The Kier molecular flexibility index (Phi) is 3.00. The summed E-state index contributed by atoms with van der Waals surface area (Å²) < 4.78 is 40.7. The number of halogens is 3. The van der Waals surface area contributed by atoms with Crippen molar-refractivity contribution in [1.29, 1.82) is 0 Å². The third kappa shape index (κ3) is 2.26. The second kappa shape index (κ2) is 4.95. The van der Waals surface area contributed by atoms with Crippen molar-refractivity contribution >= 4 is 43.4 Å². The number of piperazine rings is 1. The van der Waals surface area contributed by atoms with E-state index in [4.69, 9.17) is 5.73 Å². The van der Waals surface area contributed by atoms with E-state index in [1.807, 2.05) is 0 Å². The van der Waals surface area contributed by atoms with E-state index in [9.17, 15) is 13.2 Å². The summed E-state index contributed by atoms with van der Waals surface area (Å²) in [6.45, 7) is 1.72. The van der Waals surface area contributed by atoms with Crippen molar-refractivity contribution in [3.05, 3.63) is 23.8 Å². The Morgan fingerprint density at radius 2 is 2.12 bits per heavy atom. The van der Waals surface area contributed by atoms with Gasteiger partial charge in [0.05, 0.1) is 15.8 Å². The fourth-order valence-electron chi connectivity index (χ4n) is 3.84. The molecule has 2 fully saturated rings. The second-order valence-electron chi connectivity index (χ2n) is 6.54. The van der Waals surface area contributed by atoms with Crippen molar-refractivity contribution in [2.45, 2.75) is 24.7 Å². The lowest BCUT2D eigenvalue weighted by Crippen LogP contribution is -2.44. The molecule has 3 aromatic rings. The Balaban J connectivity index is 1.74. The zero-order valence-electron chi connectivity index (χ0n) is 13.0. The van der Waals surface area contributed by atoms with Crippen molar-refractivity contribution in [3.8, 4) is 0 Å². The van der Waals surface area contributed by atoms with Crippen LogP contribution in [0.5, 0.6) is 0 Å². The summed E-state index contributed by atoms with van der Waals surface area (Å²) in [5.74, 6) is 0.835. The normalized spacial score (nSPS) is 23.2. The maximum Gasteiger partial charge on any atom is 0.416 e. The molecule has 0 aliphatic carbocycles. The minimum Gasteiger partial charge on any atom is -0.368 e. The molecule has 0 saturated carbocycles. The number of benzene rings is 1. The summed E-state index contributed by atoms with van der Waals surface area (Å²) >= 11 is 1.42. The van der Waals surface area contributed by atoms with Crippen LogP contribution in [0.25, 0.3) is 20.3 Å². The predicted molar refractivity (Wildman–Crippen MR) is 91.9 cm³/mol. The van der Waals surface area contributed by atoms with Crippen LogP contribution in [0.3, 0.4) is 0 Å². The van der Waals surface area contributed by atoms with Crippen LogP contribution in [0.15, 0.2) is 18.2 Å². The van der Waals surface area contributed by atoms with E-state index in [2.05, 4.69) is 20.2 Å². The van der Waals surface area contributed by atoms with Crippen molar-refractivity contribution in [3.63, 3.8) is 0 Å². The molecular formula is C16H14F3N5S. The summed E-state index contributed by atoms with van der Waals surface area (Å²) in [6, 6.07) is 4.54. The maximum absolute atomic E-state index is 13.1. The molecule has 3 N–H and O–H groups in total. The van der Waals surface area contributed by atoms with E-state index in [-0.39, 0.29) is 5.95 Å². The maximum atomic E-state index is 13.1. The van der Waals surface area contributed by atoms with Crippen molar-refractivity contribution < 1.29 is 13.2 Å². The minimum absolute atomic E-state index is 0.0929. The first kappa shape index (κ1) is 15.2. The average Bonchev–Trinajstić information content (AvgIpc) is 3.26. The number of thiophene rings is 1. The van der Waals surface area contributed by atoms with Gasteiger partial charge in [-0.25, -0.2) is 4.98 Å². The van der Waals surface area contributed by atoms with Gasteiger partial charge in [-0.05, 0) is 24.6 Å². The van der Waals surface area contributed by atoms with Gasteiger partial charge in [-0.1, -0.05) is 0 Å². The SMILES string of the molecule is Nc1nc(N2CC3CC2CN3)c2sc3ccc(C(F)(F)F)cc3c2n1. The number of aromatic nitrogens is 2. The fraction of sp³-hybridized carbons (Fsp3) is 0.375. The number of fused-ring (bicyclic) bond motifs is 5. The number of hydrogen-bond donors (Lipinski definition) is 2. The molecule has 0 radical (unpaired) electrons. The lowest BCUT2D eigenvalue weighted by Gasteiger charge is -2.28. The highest BCUT2D eigenvalue weighted by atomic mass is 32.1. The average molecular weight is 365 g/mol. The Bertz CT molecular complexity index is 999. The van der Waals surface area contributed by atoms with Crippen LogP contribution >= 0.6 is 11.3 Å². The smallest absolute Gasteiger partial charge is 0.368 e. The van der Waals surface area contributed by atoms with Crippen LogP contribution in [0.2, 0.25) is 0 Å². The Morgan fingerprint density at radius 1 is 1.28 bits per heavy atom. The van der Waals surface area contributed by atoms with Crippen LogP contribution in [0.1, 0.15) is 12.0 Å². The van der Waals surface area contributed by atoms with Gasteiger partial charge in [0.25, 0.3) is 0 Å². The summed E-state index contributed by atoms with van der Waals surface area (Å²) in [6.07, 6.45) is -3.34. The van der Waals surface area contributed by atoms with Crippen LogP contribution in [-0.2, 0) is 6.18 Å². The van der Waals surface area contributed by atoms with E-state index in [1.54, 1.807) is 0 Å². The molecule has 5 rings (SSSR count). The number of alkyl halides is 3. The zero-order chi connectivity index (χ0) is 17.3. The Hall–Kier alpha value is -2.13. The molecule has 0 amide bonds. The highest BCUT2D eigenvalue weighted by Crippen LogP contribution is 2.42. The molecule has 0 spiro atoms. The topological polar surface area (TPSA) is 67.1 Å². The zero-order valence-corrected chi connectivity index (χ0v) is 13.8. The predicted octanol–water partition coefficient (Wildman–Crippen LogP) is 3.00. The van der Waals surface area contributed by atoms with Crippen molar-refractivity contribution in [1.82, 2.24) is 15.3 Å². The van der Waals surface area contributed by atoms with Gasteiger partial charge in [0.15, 0.2) is 5.82 Å². The summed E-state index contributed by atoms with van der Waals surface area (Å²) in [7, 11) is 0. The first-order valence-electron chi connectivity index (χ1n) is 7.97. The monoisotopic (exact) mass is 365 g/mol. The van der Waals surface area contributed by atoms with E-state index in [1.165, 1.54) is 17.4 Å². The lowest BCUT2D eigenvalue weighted by molar-refractivity contribution is -0.137. The molecule has 2 bridgehead atoms. The quantitative estimate of drug-likeness (QED) is 0.694. The van der Waals surface area contributed by atoms with Crippen LogP contribution < -0.4 is 16.0 Å². The first-order chi connectivity index (χ1) is 11.9. The molecule has 2 aromatic heterocycles. The molecule has 9 heteroatoms. The molecule has 1 aromatic carbocycles. The lowest BCUT2D eigenvalue weighted by atomic mass is 10.1. The van der Waals surface area contributed by atoms with Gasteiger partial charge in [-0.3, -0.25) is 0 Å². The van der Waals surface area contributed by atoms with Crippen LogP contribution in [-0.4, -0.2) is 35.1 Å². The molecule has 2 saturated heterocycles. The molecule has 25 heavy (non-hydrogen) atoms. The first-order valence-corrected chi connectivity index (χ1v) is 8.79. The van der Waals surface area contributed by atoms with Crippen molar-refractivity contribution in [2.24, 2.45) is 0 Å². The van der Waals surface area contributed by atoms with Gasteiger partial charge in [0.1, 0.15) is 0 Å². The van der Waals surface area contributed by atoms with Crippen LogP contribution in [0, 0.1) is 0 Å². The summed E-state index contributed by atoms with van der Waals surface area (Å²) in [5, 5.41) is 3.91. The number of hydrogen-bond acceptors (Lipinski definition) is 6. The fourth-order valence-corrected chi connectivity index (χ4v) is 4.97. The molecule has 4 heterocycles. The summed E-state index contributed by atoms with van der Waals surface area (Å²) in [5.41, 5.74) is 5.71. The molecular weight excluding hydrogens is 351 g/mol. The number of nitrogens with two attached hydrogens (primary N) is 1. The number of anilines is 2. The number of nitrogens with zero attached hydrogens (tertiary/aromatic N) is 3. The minimum atomic E-state index is -4.39. The molecule has 2 aliphatic rings. The van der Waals surface area contributed by atoms with Gasteiger partial charge in [-0.15, -0.1) is 11.3 Å². The van der Waals surface area contributed by atoms with E-state index >= 15 is 0 Å². The van der Waals surface area contributed by atoms with E-state index < -0.39 is 11.7 Å². The molecule has 2 aliphatic heterocycles. The standard InChI is InChI=1S/C16H14F3N5S/c17-16(18,19)7-1-2-11-10(3-7)12-13(25-11)14(23-15(20)22-12)24-6-8-4-9(24)5-21-8/h1-3,8-9,21H,4-6H2,(H2,20,22,23). The molecule has 2 unspecified atom stereocenters. The number of nitrogen functional groups attached to an aromatic ring is 1. The third-order valence-electron chi connectivity index (χ3n) is 4.97. The largest absolute Gasteiger partial charge is 0.416 e. The van der Waals surface area contributed by atoms with E-state index in [0.29, 0.717) is 23.0 Å². The highest BCUT2D eigenvalue weighted by Gasteiger charge is 2.39. The van der Waals surface area contributed by atoms with Gasteiger partial charge in [0, 0.05) is 35.3 Å². The molecule has 2 atom stereocenters.